The Hall–Kier alpha value is -3.10. The number of ether oxygens (including phenoxy) is 1. The Morgan fingerprint density at radius 2 is 2.30 bits per heavy atom. The number of H-pyrrole nitrogens is 1. The number of aromatic amines is 1. The summed E-state index contributed by atoms with van der Waals surface area (Å²) in [6.45, 7) is 0. The molecule has 0 spiro atoms. The minimum atomic E-state index is -0.481. The zero-order valence-electron chi connectivity index (χ0n) is 10.4. The van der Waals surface area contributed by atoms with Crippen molar-refractivity contribution in [2.24, 2.45) is 0 Å². The third kappa shape index (κ3) is 2.11. The zero-order chi connectivity index (χ0) is 13.9. The molecule has 3 aromatic rings. The van der Waals surface area contributed by atoms with Gasteiger partial charge in [-0.3, -0.25) is 0 Å². The third-order valence-corrected chi connectivity index (χ3v) is 2.55. The Kier molecular flexibility index (Phi) is 2.92. The highest BCUT2D eigenvalue weighted by atomic mass is 16.5. The van der Waals surface area contributed by atoms with Gasteiger partial charge in [0.05, 0.1) is 12.7 Å². The van der Waals surface area contributed by atoms with Gasteiger partial charge >= 0.3 is 5.97 Å². The molecule has 0 aliphatic heterocycles. The molecular weight excluding hydrogens is 262 g/mol. The van der Waals surface area contributed by atoms with Gasteiger partial charge in [0.1, 0.15) is 5.69 Å². The number of hydrogen-bond donors (Lipinski definition) is 1. The number of methoxy groups -OCH3 is 1. The molecule has 0 unspecified atom stereocenters. The number of carbonyl (C=O) groups is 1. The number of tetrazole rings is 1. The molecule has 1 N–H and O–H groups in total. The van der Waals surface area contributed by atoms with Gasteiger partial charge in [-0.25, -0.2) is 14.5 Å². The molecule has 0 atom stereocenters. The van der Waals surface area contributed by atoms with Crippen LogP contribution < -0.4 is 0 Å². The molecule has 20 heavy (non-hydrogen) atoms. The fourth-order valence-electron chi connectivity index (χ4n) is 1.66. The molecule has 0 aliphatic carbocycles. The summed E-state index contributed by atoms with van der Waals surface area (Å²) in [7, 11) is 1.31. The maximum Gasteiger partial charge on any atom is 0.338 e. The van der Waals surface area contributed by atoms with Gasteiger partial charge in [-0.05, 0) is 23.4 Å². The molecule has 0 aliphatic rings. The number of pyridine rings is 1. The van der Waals surface area contributed by atoms with E-state index >= 15 is 0 Å². The van der Waals surface area contributed by atoms with E-state index in [-0.39, 0.29) is 5.82 Å². The molecule has 0 saturated carbocycles. The van der Waals surface area contributed by atoms with Crippen molar-refractivity contribution in [3.63, 3.8) is 0 Å². The lowest BCUT2D eigenvalue weighted by atomic mass is 10.2. The van der Waals surface area contributed by atoms with Crippen molar-refractivity contribution in [2.75, 3.05) is 7.11 Å². The third-order valence-electron chi connectivity index (χ3n) is 2.55. The van der Waals surface area contributed by atoms with Gasteiger partial charge in [-0.2, -0.15) is 10.3 Å². The molecule has 0 amide bonds. The molecular formula is C11H9N7O2. The van der Waals surface area contributed by atoms with Crippen LogP contribution >= 0.6 is 0 Å². The maximum atomic E-state index is 11.7. The first-order valence-electron chi connectivity index (χ1n) is 5.62. The lowest BCUT2D eigenvalue weighted by molar-refractivity contribution is 0.0600. The second kappa shape index (κ2) is 4.88. The van der Waals surface area contributed by atoms with Gasteiger partial charge in [0.2, 0.25) is 5.82 Å². The molecule has 3 aromatic heterocycles. The standard InChI is InChI=1S/C11H9N7O2/c1-20-11(19)7-5-8(10-14-16-17-15-10)13-9(6-7)18-4-2-3-12-18/h2-6H,1H3,(H,14,15,16,17). The lowest BCUT2D eigenvalue weighted by Crippen LogP contribution is -2.07. The predicted molar refractivity (Wildman–Crippen MR) is 65.9 cm³/mol. The number of nitrogens with zero attached hydrogens (tertiary/aromatic N) is 6. The second-order valence-corrected chi connectivity index (χ2v) is 3.78. The van der Waals surface area contributed by atoms with E-state index in [2.05, 4.69) is 30.7 Å². The van der Waals surface area contributed by atoms with Crippen LogP contribution in [0.2, 0.25) is 0 Å². The molecule has 3 rings (SSSR count). The fraction of sp³-hybridized carbons (Fsp3) is 0.0909. The average molecular weight is 271 g/mol. The number of nitrogens with one attached hydrogen (secondary N) is 1. The number of rotatable bonds is 3. The smallest absolute Gasteiger partial charge is 0.338 e. The van der Waals surface area contributed by atoms with Gasteiger partial charge in [-0.15, -0.1) is 10.2 Å². The van der Waals surface area contributed by atoms with Crippen LogP contribution in [0.3, 0.4) is 0 Å². The number of carbonyl (C=O) groups excluding carboxylic acids is 1. The summed E-state index contributed by atoms with van der Waals surface area (Å²) in [4.78, 5) is 16.1. The summed E-state index contributed by atoms with van der Waals surface area (Å²) in [6, 6.07) is 4.85. The summed E-state index contributed by atoms with van der Waals surface area (Å²) in [6.07, 6.45) is 3.32. The van der Waals surface area contributed by atoms with Crippen LogP contribution in [0.4, 0.5) is 0 Å². The van der Waals surface area contributed by atoms with Crippen molar-refractivity contribution in [1.29, 1.82) is 0 Å². The van der Waals surface area contributed by atoms with Gasteiger partial charge < -0.3 is 4.74 Å². The summed E-state index contributed by atoms with van der Waals surface area (Å²) < 4.78 is 6.24. The lowest BCUT2D eigenvalue weighted by Gasteiger charge is -2.06. The molecule has 100 valence electrons. The number of esters is 1. The molecule has 0 aromatic carbocycles. The van der Waals surface area contributed by atoms with E-state index in [1.165, 1.54) is 17.9 Å². The van der Waals surface area contributed by atoms with E-state index in [9.17, 15) is 4.79 Å². The van der Waals surface area contributed by atoms with E-state index in [4.69, 9.17) is 4.74 Å². The largest absolute Gasteiger partial charge is 0.465 e. The van der Waals surface area contributed by atoms with Crippen molar-refractivity contribution in [2.45, 2.75) is 0 Å². The van der Waals surface area contributed by atoms with E-state index in [0.717, 1.165) is 0 Å². The van der Waals surface area contributed by atoms with Gasteiger partial charge in [0.25, 0.3) is 0 Å². The number of hydrogen-bond acceptors (Lipinski definition) is 7. The molecule has 9 nitrogen and oxygen atoms in total. The first kappa shape index (κ1) is 12.0. The van der Waals surface area contributed by atoms with E-state index in [1.54, 1.807) is 24.5 Å². The Labute approximate surface area is 112 Å². The van der Waals surface area contributed by atoms with Gasteiger partial charge in [-0.1, -0.05) is 0 Å². The molecule has 9 heteroatoms. The highest BCUT2D eigenvalue weighted by Crippen LogP contribution is 2.17. The zero-order valence-corrected chi connectivity index (χ0v) is 10.4. The van der Waals surface area contributed by atoms with Crippen LogP contribution in [-0.2, 0) is 4.74 Å². The fourth-order valence-corrected chi connectivity index (χ4v) is 1.66. The highest BCUT2D eigenvalue weighted by molar-refractivity contribution is 5.90. The van der Waals surface area contributed by atoms with Gasteiger partial charge in [0, 0.05) is 12.4 Å². The summed E-state index contributed by atoms with van der Waals surface area (Å²) in [5.74, 6) is 0.257. The SMILES string of the molecule is COC(=O)c1cc(-c2nn[nH]n2)nc(-n2cccn2)c1. The Bertz CT molecular complexity index is 669. The summed E-state index contributed by atoms with van der Waals surface area (Å²) >= 11 is 0. The molecule has 3 heterocycles. The Balaban J connectivity index is 2.15. The van der Waals surface area contributed by atoms with E-state index < -0.39 is 5.97 Å². The minimum Gasteiger partial charge on any atom is -0.465 e. The maximum absolute atomic E-state index is 11.7. The summed E-state index contributed by atoms with van der Waals surface area (Å²) in [5.41, 5.74) is 0.722. The monoisotopic (exact) mass is 271 g/mol. The first-order valence-corrected chi connectivity index (χ1v) is 5.62. The highest BCUT2D eigenvalue weighted by Gasteiger charge is 2.14. The van der Waals surface area contributed by atoms with Crippen LogP contribution in [0.25, 0.3) is 17.3 Å². The molecule has 0 bridgehead atoms. The quantitative estimate of drug-likeness (QED) is 0.679. The van der Waals surface area contributed by atoms with E-state index in [1.807, 2.05) is 0 Å². The topological polar surface area (TPSA) is 111 Å². The number of aromatic nitrogens is 7. The molecule has 0 fully saturated rings. The van der Waals surface area contributed by atoms with Crippen molar-refractivity contribution in [1.82, 2.24) is 35.4 Å². The van der Waals surface area contributed by atoms with Crippen LogP contribution in [0, 0.1) is 0 Å². The van der Waals surface area contributed by atoms with Crippen molar-refractivity contribution in [3.05, 3.63) is 36.2 Å². The van der Waals surface area contributed by atoms with Crippen LogP contribution in [0.15, 0.2) is 30.6 Å². The van der Waals surface area contributed by atoms with Crippen molar-refractivity contribution < 1.29 is 9.53 Å². The minimum absolute atomic E-state index is 0.282. The Morgan fingerprint density at radius 3 is 2.95 bits per heavy atom. The molecule has 0 saturated heterocycles. The predicted octanol–water partition coefficient (Wildman–Crippen LogP) is 0.234. The normalized spacial score (nSPS) is 10.4. The van der Waals surface area contributed by atoms with Crippen LogP contribution in [0.5, 0.6) is 0 Å². The second-order valence-electron chi connectivity index (χ2n) is 3.78. The average Bonchev–Trinajstić information content (AvgIpc) is 3.18. The van der Waals surface area contributed by atoms with E-state index in [0.29, 0.717) is 17.1 Å². The van der Waals surface area contributed by atoms with Gasteiger partial charge in [0.15, 0.2) is 5.82 Å². The Morgan fingerprint density at radius 1 is 1.40 bits per heavy atom. The van der Waals surface area contributed by atoms with Crippen molar-refractivity contribution >= 4 is 5.97 Å². The van der Waals surface area contributed by atoms with Crippen molar-refractivity contribution in [3.8, 4) is 17.3 Å². The first-order chi connectivity index (χ1) is 9.78. The molecule has 0 radical (unpaired) electrons. The van der Waals surface area contributed by atoms with Crippen LogP contribution in [0.1, 0.15) is 10.4 Å². The summed E-state index contributed by atoms with van der Waals surface area (Å²) in [5, 5.41) is 17.6. The van der Waals surface area contributed by atoms with Crippen LogP contribution in [-0.4, -0.2) is 48.5 Å².